The van der Waals surface area contributed by atoms with Gasteiger partial charge in [-0.15, -0.1) is 0 Å². The third-order valence-corrected chi connectivity index (χ3v) is 3.64. The van der Waals surface area contributed by atoms with Gasteiger partial charge in [-0.05, 0) is 41.5 Å². The van der Waals surface area contributed by atoms with Crippen LogP contribution < -0.4 is 10.1 Å². The molecule has 1 amide bonds. The number of hydrogen-bond acceptors (Lipinski definition) is 3. The van der Waals surface area contributed by atoms with Gasteiger partial charge >= 0.3 is 0 Å². The number of carbonyl (C=O) groups is 1. The molecule has 3 rings (SSSR count). The Balaban J connectivity index is 1.94. The van der Waals surface area contributed by atoms with Gasteiger partial charge in [0.25, 0.3) is 5.91 Å². The number of amides is 1. The lowest BCUT2D eigenvalue weighted by Gasteiger charge is -2.13. The zero-order valence-electron chi connectivity index (χ0n) is 13.1. The van der Waals surface area contributed by atoms with Gasteiger partial charge in [-0.2, -0.15) is 0 Å². The van der Waals surface area contributed by atoms with Crippen LogP contribution in [0.5, 0.6) is 11.5 Å². The smallest absolute Gasteiger partial charge is 0.259 e. The molecule has 2 N–H and O–H groups in total. The van der Waals surface area contributed by atoms with Gasteiger partial charge in [0.15, 0.2) is 0 Å². The molecule has 3 aromatic carbocycles. The van der Waals surface area contributed by atoms with Crippen LogP contribution in [0.2, 0.25) is 0 Å². The largest absolute Gasteiger partial charge is 0.507 e. The van der Waals surface area contributed by atoms with E-state index in [2.05, 4.69) is 11.4 Å². The van der Waals surface area contributed by atoms with Crippen molar-refractivity contribution in [2.24, 2.45) is 0 Å². The summed E-state index contributed by atoms with van der Waals surface area (Å²) in [5.74, 6) is 0.0275. The first-order valence-electron chi connectivity index (χ1n) is 7.43. The molecule has 0 atom stereocenters. The average Bonchev–Trinajstić information content (AvgIpc) is 2.62. The number of benzene rings is 3. The number of rotatable bonds is 4. The number of hydrogen-bond donors (Lipinski definition) is 2. The summed E-state index contributed by atoms with van der Waals surface area (Å²) in [6.45, 7) is 0. The van der Waals surface area contributed by atoms with Crippen LogP contribution in [0.15, 0.2) is 66.7 Å². The number of aromatic hydroxyl groups is 1. The zero-order valence-corrected chi connectivity index (χ0v) is 13.1. The molecule has 0 spiro atoms. The lowest BCUT2D eigenvalue weighted by Crippen LogP contribution is -2.13. The molecule has 0 heterocycles. The van der Waals surface area contributed by atoms with Crippen molar-refractivity contribution in [1.82, 2.24) is 0 Å². The zero-order chi connectivity index (χ0) is 16.9. The van der Waals surface area contributed by atoms with E-state index < -0.39 is 5.91 Å². The van der Waals surface area contributed by atoms with Crippen LogP contribution in [0.25, 0.3) is 11.1 Å². The molecule has 119 valence electrons. The van der Waals surface area contributed by atoms with E-state index in [1.807, 2.05) is 42.5 Å². The SMILES string of the molecule is COc1ccc(-c2ccccc2)cc1NC(=O)c1c[c]ccc1O. The molecular weight excluding hydrogens is 302 g/mol. The summed E-state index contributed by atoms with van der Waals surface area (Å²) in [7, 11) is 1.54. The average molecular weight is 318 g/mol. The first-order chi connectivity index (χ1) is 11.7. The highest BCUT2D eigenvalue weighted by molar-refractivity contribution is 6.07. The molecule has 24 heavy (non-hydrogen) atoms. The molecule has 4 heteroatoms. The Labute approximate surface area is 140 Å². The monoisotopic (exact) mass is 318 g/mol. The van der Waals surface area contributed by atoms with E-state index in [0.29, 0.717) is 11.4 Å². The van der Waals surface area contributed by atoms with Crippen molar-refractivity contribution < 1.29 is 14.6 Å². The minimum Gasteiger partial charge on any atom is -0.507 e. The summed E-state index contributed by atoms with van der Waals surface area (Å²) in [6.07, 6.45) is 0. The maximum Gasteiger partial charge on any atom is 0.259 e. The second kappa shape index (κ2) is 6.87. The lowest BCUT2D eigenvalue weighted by molar-refractivity contribution is 0.102. The van der Waals surface area contributed by atoms with Crippen LogP contribution in [0.3, 0.4) is 0 Å². The number of phenols is 1. The summed E-state index contributed by atoms with van der Waals surface area (Å²) < 4.78 is 5.32. The molecule has 0 aromatic heterocycles. The fourth-order valence-electron chi connectivity index (χ4n) is 2.41. The number of phenolic OH excluding ortho intramolecular Hbond substituents is 1. The molecule has 0 saturated heterocycles. The highest BCUT2D eigenvalue weighted by Crippen LogP contribution is 2.31. The molecule has 0 fully saturated rings. The van der Waals surface area contributed by atoms with Crippen LogP contribution >= 0.6 is 0 Å². The number of nitrogens with one attached hydrogen (secondary N) is 1. The van der Waals surface area contributed by atoms with E-state index in [-0.39, 0.29) is 11.3 Å². The van der Waals surface area contributed by atoms with Gasteiger partial charge in [0.1, 0.15) is 11.5 Å². The van der Waals surface area contributed by atoms with Crippen LogP contribution in [0, 0.1) is 6.07 Å². The Morgan fingerprint density at radius 3 is 2.58 bits per heavy atom. The maximum absolute atomic E-state index is 12.4. The summed E-state index contributed by atoms with van der Waals surface area (Å²) >= 11 is 0. The molecule has 3 aromatic rings. The topological polar surface area (TPSA) is 58.6 Å². The van der Waals surface area contributed by atoms with Crippen molar-refractivity contribution in [3.05, 3.63) is 78.4 Å². The number of anilines is 1. The van der Waals surface area contributed by atoms with Crippen molar-refractivity contribution in [2.45, 2.75) is 0 Å². The van der Waals surface area contributed by atoms with E-state index in [9.17, 15) is 9.90 Å². The molecule has 0 unspecified atom stereocenters. The predicted molar refractivity (Wildman–Crippen MR) is 93.3 cm³/mol. The van der Waals surface area contributed by atoms with Crippen LogP contribution in [-0.2, 0) is 0 Å². The number of ether oxygens (including phenoxy) is 1. The third-order valence-electron chi connectivity index (χ3n) is 3.64. The molecule has 0 aliphatic heterocycles. The molecule has 0 aliphatic rings. The predicted octanol–water partition coefficient (Wildman–Crippen LogP) is 4.12. The fraction of sp³-hybridized carbons (Fsp3) is 0.0500. The molecule has 1 radical (unpaired) electrons. The maximum atomic E-state index is 12.4. The summed E-state index contributed by atoms with van der Waals surface area (Å²) in [5, 5.41) is 12.6. The van der Waals surface area contributed by atoms with Crippen LogP contribution in [-0.4, -0.2) is 18.1 Å². The normalized spacial score (nSPS) is 10.2. The van der Waals surface area contributed by atoms with E-state index in [1.165, 1.54) is 12.1 Å². The molecule has 4 nitrogen and oxygen atoms in total. The van der Waals surface area contributed by atoms with Crippen molar-refractivity contribution in [3.8, 4) is 22.6 Å². The third kappa shape index (κ3) is 3.22. The van der Waals surface area contributed by atoms with E-state index in [4.69, 9.17) is 4.74 Å². The van der Waals surface area contributed by atoms with E-state index in [1.54, 1.807) is 19.2 Å². The molecule has 0 bridgehead atoms. The highest BCUT2D eigenvalue weighted by Gasteiger charge is 2.14. The number of carbonyl (C=O) groups excluding carboxylic acids is 1. The van der Waals surface area contributed by atoms with Crippen LogP contribution in [0.4, 0.5) is 5.69 Å². The van der Waals surface area contributed by atoms with Gasteiger partial charge in [0.2, 0.25) is 0 Å². The Kier molecular flexibility index (Phi) is 4.47. The van der Waals surface area contributed by atoms with E-state index in [0.717, 1.165) is 11.1 Å². The quantitative estimate of drug-likeness (QED) is 0.761. The fourth-order valence-corrected chi connectivity index (χ4v) is 2.41. The Hall–Kier alpha value is -3.27. The molecule has 0 aliphatic carbocycles. The van der Waals surface area contributed by atoms with Gasteiger partial charge in [-0.3, -0.25) is 4.79 Å². The molecular formula is C20H16NO3. The van der Waals surface area contributed by atoms with Gasteiger partial charge in [-0.1, -0.05) is 42.5 Å². The van der Waals surface area contributed by atoms with Crippen molar-refractivity contribution >= 4 is 11.6 Å². The van der Waals surface area contributed by atoms with Crippen molar-refractivity contribution in [1.29, 1.82) is 0 Å². The highest BCUT2D eigenvalue weighted by atomic mass is 16.5. The van der Waals surface area contributed by atoms with Crippen LogP contribution in [0.1, 0.15) is 10.4 Å². The summed E-state index contributed by atoms with van der Waals surface area (Å²) in [5.41, 5.74) is 2.68. The second-order valence-corrected chi connectivity index (χ2v) is 5.18. The molecule has 0 saturated carbocycles. The van der Waals surface area contributed by atoms with Crippen molar-refractivity contribution in [3.63, 3.8) is 0 Å². The van der Waals surface area contributed by atoms with E-state index >= 15 is 0 Å². The minimum absolute atomic E-state index is 0.0931. The second-order valence-electron chi connectivity index (χ2n) is 5.18. The van der Waals surface area contributed by atoms with Gasteiger partial charge in [-0.25, -0.2) is 0 Å². The Morgan fingerprint density at radius 1 is 1.08 bits per heavy atom. The van der Waals surface area contributed by atoms with Gasteiger partial charge < -0.3 is 15.2 Å². The minimum atomic E-state index is -0.423. The van der Waals surface area contributed by atoms with Crippen molar-refractivity contribution in [2.75, 3.05) is 12.4 Å². The Bertz CT molecular complexity index is 860. The summed E-state index contributed by atoms with van der Waals surface area (Å²) in [6, 6.07) is 22.6. The summed E-state index contributed by atoms with van der Waals surface area (Å²) in [4.78, 5) is 12.4. The van der Waals surface area contributed by atoms with Gasteiger partial charge in [0, 0.05) is 0 Å². The lowest BCUT2D eigenvalue weighted by atomic mass is 10.0. The first kappa shape index (κ1) is 15.6. The standard InChI is InChI=1S/C20H16NO3/c1-24-19-12-11-15(14-7-3-2-4-8-14)13-17(19)21-20(23)16-9-5-6-10-18(16)22/h2-4,6-13,22H,1H3,(H,21,23). The Morgan fingerprint density at radius 2 is 1.88 bits per heavy atom. The number of methoxy groups -OCH3 is 1. The first-order valence-corrected chi connectivity index (χ1v) is 7.43. The van der Waals surface area contributed by atoms with Gasteiger partial charge in [0.05, 0.1) is 18.4 Å².